The van der Waals surface area contributed by atoms with E-state index in [0.717, 1.165) is 34.5 Å². The Kier molecular flexibility index (Phi) is 2.04. The van der Waals surface area contributed by atoms with Crippen LogP contribution in [0.2, 0.25) is 5.02 Å². The van der Waals surface area contributed by atoms with Gasteiger partial charge in [-0.15, -0.1) is 0 Å². The lowest BCUT2D eigenvalue weighted by molar-refractivity contribution is 0.795. The van der Waals surface area contributed by atoms with Crippen LogP contribution in [0.15, 0.2) is 28.2 Å². The Bertz CT molecular complexity index is 519. The van der Waals surface area contributed by atoms with Crippen LogP contribution in [0.4, 0.5) is 11.4 Å². The van der Waals surface area contributed by atoms with Gasteiger partial charge in [0.05, 0.1) is 23.1 Å². The minimum atomic E-state index is 0.324. The summed E-state index contributed by atoms with van der Waals surface area (Å²) in [5.41, 5.74) is 3.04. The third kappa shape index (κ3) is 1.35. The zero-order valence-electron chi connectivity index (χ0n) is 9.24. The van der Waals surface area contributed by atoms with Crippen molar-refractivity contribution in [3.8, 4) is 0 Å². The van der Waals surface area contributed by atoms with E-state index >= 15 is 0 Å². The Balaban J connectivity index is 2.19. The van der Waals surface area contributed by atoms with Gasteiger partial charge >= 0.3 is 0 Å². The molecule has 4 heteroatoms. The second-order valence-corrected chi connectivity index (χ2v) is 4.68. The van der Waals surface area contributed by atoms with E-state index in [0.29, 0.717) is 6.04 Å². The minimum absolute atomic E-state index is 0.324. The lowest BCUT2D eigenvalue weighted by Crippen LogP contribution is -2.35. The van der Waals surface area contributed by atoms with Crippen LogP contribution in [-0.2, 0) is 0 Å². The summed E-state index contributed by atoms with van der Waals surface area (Å²) in [6, 6.07) is 6.12. The van der Waals surface area contributed by atoms with Crippen molar-refractivity contribution in [1.29, 1.82) is 0 Å². The van der Waals surface area contributed by atoms with Crippen LogP contribution in [0, 0.1) is 0 Å². The van der Waals surface area contributed by atoms with Crippen molar-refractivity contribution in [2.75, 3.05) is 11.4 Å². The molecule has 2 aliphatic heterocycles. The number of amidine groups is 1. The predicted octanol–water partition coefficient (Wildman–Crippen LogP) is 3.05. The number of nitrogens with zero attached hydrogens (tertiary/aromatic N) is 3. The Morgan fingerprint density at radius 3 is 3.06 bits per heavy atom. The highest BCUT2D eigenvalue weighted by Gasteiger charge is 2.30. The third-order valence-corrected chi connectivity index (χ3v) is 3.12. The normalized spacial score (nSPS) is 22.4. The van der Waals surface area contributed by atoms with E-state index in [4.69, 9.17) is 11.6 Å². The molecule has 1 atom stereocenters. The highest BCUT2D eigenvalue weighted by atomic mass is 35.5. The summed E-state index contributed by atoms with van der Waals surface area (Å²) in [5.74, 6) is 0.988. The molecule has 0 bridgehead atoms. The SMILES string of the molecule is CC1=Nc2ccc(Cl)cc2N2CC(C)N=C12. The third-order valence-electron chi connectivity index (χ3n) is 2.89. The van der Waals surface area contributed by atoms with Gasteiger partial charge in [0, 0.05) is 11.6 Å². The molecule has 0 spiro atoms. The molecule has 0 N–H and O–H groups in total. The summed E-state index contributed by atoms with van der Waals surface area (Å²) in [6.45, 7) is 5.03. The molecule has 1 aromatic rings. The molecule has 16 heavy (non-hydrogen) atoms. The van der Waals surface area contributed by atoms with E-state index in [2.05, 4.69) is 21.8 Å². The van der Waals surface area contributed by atoms with Crippen LogP contribution in [0.5, 0.6) is 0 Å². The van der Waals surface area contributed by atoms with E-state index in [9.17, 15) is 0 Å². The minimum Gasteiger partial charge on any atom is -0.321 e. The van der Waals surface area contributed by atoms with E-state index in [1.807, 2.05) is 25.1 Å². The van der Waals surface area contributed by atoms with Gasteiger partial charge < -0.3 is 4.90 Å². The van der Waals surface area contributed by atoms with Crippen molar-refractivity contribution in [1.82, 2.24) is 0 Å². The fourth-order valence-electron chi connectivity index (χ4n) is 2.21. The van der Waals surface area contributed by atoms with Gasteiger partial charge in [-0.25, -0.2) is 4.99 Å². The number of anilines is 1. The number of hydrogen-bond donors (Lipinski definition) is 0. The maximum Gasteiger partial charge on any atom is 0.150 e. The van der Waals surface area contributed by atoms with Crippen molar-refractivity contribution in [3.63, 3.8) is 0 Å². The first-order valence-electron chi connectivity index (χ1n) is 5.36. The zero-order valence-corrected chi connectivity index (χ0v) is 9.99. The monoisotopic (exact) mass is 233 g/mol. The van der Waals surface area contributed by atoms with Crippen molar-refractivity contribution in [2.45, 2.75) is 19.9 Å². The topological polar surface area (TPSA) is 28.0 Å². The smallest absolute Gasteiger partial charge is 0.150 e. The van der Waals surface area contributed by atoms with Gasteiger partial charge in [0.2, 0.25) is 0 Å². The summed E-state index contributed by atoms with van der Waals surface area (Å²) in [4.78, 5) is 11.3. The number of hydrogen-bond acceptors (Lipinski definition) is 3. The average Bonchev–Trinajstić information content (AvgIpc) is 2.62. The van der Waals surface area contributed by atoms with Crippen LogP contribution in [-0.4, -0.2) is 24.1 Å². The number of fused-ring (bicyclic) bond motifs is 3. The Morgan fingerprint density at radius 1 is 1.44 bits per heavy atom. The molecule has 2 heterocycles. The predicted molar refractivity (Wildman–Crippen MR) is 68.5 cm³/mol. The molecule has 0 fully saturated rings. The fourth-order valence-corrected chi connectivity index (χ4v) is 2.38. The molecule has 1 unspecified atom stereocenters. The second kappa shape index (κ2) is 3.32. The molecule has 3 rings (SSSR count). The molecule has 0 saturated carbocycles. The zero-order chi connectivity index (χ0) is 11.3. The van der Waals surface area contributed by atoms with Crippen LogP contribution >= 0.6 is 11.6 Å². The van der Waals surface area contributed by atoms with Gasteiger partial charge in [-0.1, -0.05) is 11.6 Å². The van der Waals surface area contributed by atoms with Crippen molar-refractivity contribution < 1.29 is 0 Å². The van der Waals surface area contributed by atoms with Crippen LogP contribution in [0.3, 0.4) is 0 Å². The summed E-state index contributed by atoms with van der Waals surface area (Å²) in [7, 11) is 0. The molecular weight excluding hydrogens is 222 g/mol. The van der Waals surface area contributed by atoms with Crippen molar-refractivity contribution >= 4 is 34.5 Å². The standard InChI is InChI=1S/C12H12ClN3/c1-7-6-16-11-5-9(13)3-4-10(11)15-8(2)12(16)14-7/h3-5,7H,6H2,1-2H3. The average molecular weight is 234 g/mol. The molecule has 3 nitrogen and oxygen atoms in total. The Labute approximate surface area is 99.5 Å². The molecule has 0 saturated heterocycles. The number of benzene rings is 1. The highest BCUT2D eigenvalue weighted by molar-refractivity contribution is 6.48. The van der Waals surface area contributed by atoms with Gasteiger partial charge in [0.1, 0.15) is 5.84 Å². The fraction of sp³-hybridized carbons (Fsp3) is 0.333. The molecule has 1 aromatic carbocycles. The molecule has 0 amide bonds. The molecule has 0 aliphatic carbocycles. The molecule has 0 aromatic heterocycles. The Hall–Kier alpha value is -1.35. The van der Waals surface area contributed by atoms with Gasteiger partial charge in [0.15, 0.2) is 0 Å². The lowest BCUT2D eigenvalue weighted by Gasteiger charge is -2.26. The van der Waals surface area contributed by atoms with Gasteiger partial charge in [-0.05, 0) is 32.0 Å². The molecule has 2 aliphatic rings. The van der Waals surface area contributed by atoms with Gasteiger partial charge in [-0.3, -0.25) is 4.99 Å². The van der Waals surface area contributed by atoms with Crippen molar-refractivity contribution in [2.24, 2.45) is 9.98 Å². The van der Waals surface area contributed by atoms with Crippen LogP contribution in [0.1, 0.15) is 13.8 Å². The number of rotatable bonds is 0. The summed E-state index contributed by atoms with van der Waals surface area (Å²) in [6.07, 6.45) is 0. The number of halogens is 1. The van der Waals surface area contributed by atoms with E-state index in [1.54, 1.807) is 0 Å². The second-order valence-electron chi connectivity index (χ2n) is 4.24. The Morgan fingerprint density at radius 2 is 2.25 bits per heavy atom. The summed E-state index contributed by atoms with van der Waals surface area (Å²) >= 11 is 6.02. The quantitative estimate of drug-likeness (QED) is 0.677. The van der Waals surface area contributed by atoms with Crippen LogP contribution < -0.4 is 4.90 Å². The largest absolute Gasteiger partial charge is 0.321 e. The van der Waals surface area contributed by atoms with E-state index in [1.165, 1.54) is 0 Å². The first-order chi connectivity index (χ1) is 7.65. The van der Waals surface area contributed by atoms with E-state index < -0.39 is 0 Å². The first kappa shape index (κ1) is 9.85. The van der Waals surface area contributed by atoms with Crippen LogP contribution in [0.25, 0.3) is 0 Å². The highest BCUT2D eigenvalue weighted by Crippen LogP contribution is 2.37. The maximum absolute atomic E-state index is 6.02. The van der Waals surface area contributed by atoms with Crippen molar-refractivity contribution in [3.05, 3.63) is 23.2 Å². The first-order valence-corrected chi connectivity index (χ1v) is 5.73. The van der Waals surface area contributed by atoms with Gasteiger partial charge in [0.25, 0.3) is 0 Å². The molecular formula is C12H12ClN3. The molecule has 82 valence electrons. The lowest BCUT2D eigenvalue weighted by atomic mass is 10.2. The molecule has 0 radical (unpaired) electrons. The van der Waals surface area contributed by atoms with E-state index in [-0.39, 0.29) is 0 Å². The summed E-state index contributed by atoms with van der Waals surface area (Å²) in [5, 5.41) is 0.743. The van der Waals surface area contributed by atoms with Gasteiger partial charge in [-0.2, -0.15) is 0 Å². The maximum atomic E-state index is 6.02. The summed E-state index contributed by atoms with van der Waals surface area (Å²) < 4.78 is 0. The number of aliphatic imine (C=N–C) groups is 2.